The molecule has 1 saturated carbocycles. The van der Waals surface area contributed by atoms with E-state index in [-0.39, 0.29) is 18.4 Å². The Morgan fingerprint density at radius 3 is 2.30 bits per heavy atom. The van der Waals surface area contributed by atoms with E-state index in [4.69, 9.17) is 0 Å². The number of hydrogen-bond acceptors (Lipinski definition) is 2. The van der Waals surface area contributed by atoms with Gasteiger partial charge in [0.25, 0.3) is 5.91 Å². The average molecular weight is 309 g/mol. The van der Waals surface area contributed by atoms with Gasteiger partial charge in [-0.1, -0.05) is 0 Å². The van der Waals surface area contributed by atoms with Crippen molar-refractivity contribution in [2.24, 2.45) is 0 Å². The highest BCUT2D eigenvalue weighted by molar-refractivity contribution is 5.97. The van der Waals surface area contributed by atoms with Crippen LogP contribution >= 0.6 is 0 Å². The van der Waals surface area contributed by atoms with Crippen LogP contribution in [0.4, 0.5) is 0 Å². The van der Waals surface area contributed by atoms with E-state index < -0.39 is 0 Å². The first-order valence-corrected chi connectivity index (χ1v) is 8.04. The summed E-state index contributed by atoms with van der Waals surface area (Å²) in [4.78, 5) is 28.3. The van der Waals surface area contributed by atoms with E-state index in [1.807, 2.05) is 58.3 Å². The van der Waals surface area contributed by atoms with Crippen molar-refractivity contribution in [3.63, 3.8) is 0 Å². The fourth-order valence-corrected chi connectivity index (χ4v) is 3.10. The van der Waals surface area contributed by atoms with Gasteiger partial charge in [0, 0.05) is 42.8 Å². The van der Waals surface area contributed by atoms with Crippen LogP contribution < -0.4 is 0 Å². The molecule has 0 atom stereocenters. The maximum absolute atomic E-state index is 12.6. The molecule has 0 unspecified atom stereocenters. The van der Waals surface area contributed by atoms with Crippen molar-refractivity contribution in [1.29, 1.82) is 0 Å². The molecule has 5 nitrogen and oxygen atoms in total. The molecule has 1 aliphatic heterocycles. The van der Waals surface area contributed by atoms with Crippen molar-refractivity contribution in [1.82, 2.24) is 14.4 Å². The van der Waals surface area contributed by atoms with Crippen LogP contribution in [-0.2, 0) is 4.79 Å². The van der Waals surface area contributed by atoms with Gasteiger partial charge in [-0.2, -0.15) is 0 Å². The van der Waals surface area contributed by atoms with Crippen molar-refractivity contribution in [3.8, 4) is 5.69 Å². The number of piperazine rings is 1. The van der Waals surface area contributed by atoms with Gasteiger partial charge in [0.1, 0.15) is 6.54 Å². The average Bonchev–Trinajstić information content (AvgIpc) is 3.27. The van der Waals surface area contributed by atoms with Crippen LogP contribution in [0.1, 0.15) is 23.2 Å². The summed E-state index contributed by atoms with van der Waals surface area (Å²) in [7, 11) is 0. The van der Waals surface area contributed by atoms with Crippen molar-refractivity contribution < 1.29 is 9.59 Å². The molecule has 2 amide bonds. The molecule has 4 rings (SSSR count). The Kier molecular flexibility index (Phi) is 3.41. The smallest absolute Gasteiger partial charge is 0.254 e. The van der Waals surface area contributed by atoms with Gasteiger partial charge in [-0.15, -0.1) is 0 Å². The number of aromatic nitrogens is 1. The lowest BCUT2D eigenvalue weighted by Crippen LogP contribution is -2.52. The summed E-state index contributed by atoms with van der Waals surface area (Å²) in [5.41, 5.74) is 1.65. The summed E-state index contributed by atoms with van der Waals surface area (Å²) in [5, 5.41) is 0. The first-order valence-electron chi connectivity index (χ1n) is 8.04. The second kappa shape index (κ2) is 5.57. The fraction of sp³-hybridized carbons (Fsp3) is 0.333. The zero-order valence-electron chi connectivity index (χ0n) is 12.9. The van der Waals surface area contributed by atoms with Gasteiger partial charge in [0.2, 0.25) is 5.91 Å². The van der Waals surface area contributed by atoms with E-state index in [9.17, 15) is 9.59 Å². The highest BCUT2D eigenvalue weighted by atomic mass is 16.2. The lowest BCUT2D eigenvalue weighted by molar-refractivity contribution is -0.135. The monoisotopic (exact) mass is 309 g/mol. The molecule has 2 fully saturated rings. The minimum absolute atomic E-state index is 0.0622. The lowest BCUT2D eigenvalue weighted by Gasteiger charge is -2.34. The number of carbonyl (C=O) groups is 2. The van der Waals surface area contributed by atoms with Gasteiger partial charge >= 0.3 is 0 Å². The van der Waals surface area contributed by atoms with Crippen molar-refractivity contribution >= 4 is 11.8 Å². The van der Waals surface area contributed by atoms with E-state index in [2.05, 4.69) is 0 Å². The van der Waals surface area contributed by atoms with E-state index >= 15 is 0 Å². The van der Waals surface area contributed by atoms with Crippen LogP contribution in [0.3, 0.4) is 0 Å². The van der Waals surface area contributed by atoms with Crippen LogP contribution in [-0.4, -0.2) is 51.9 Å². The van der Waals surface area contributed by atoms with Crippen LogP contribution in [0.2, 0.25) is 0 Å². The molecule has 1 aromatic carbocycles. The molecule has 5 heteroatoms. The largest absolute Gasteiger partial charge is 0.336 e. The molecular formula is C18H19N3O2. The summed E-state index contributed by atoms with van der Waals surface area (Å²) < 4.78 is 1.99. The quantitative estimate of drug-likeness (QED) is 0.869. The van der Waals surface area contributed by atoms with Gasteiger partial charge in [-0.25, -0.2) is 0 Å². The topological polar surface area (TPSA) is 45.6 Å². The lowest BCUT2D eigenvalue weighted by atomic mass is 10.1. The molecule has 2 heterocycles. The van der Waals surface area contributed by atoms with E-state index in [0.717, 1.165) is 18.5 Å². The molecule has 0 bridgehead atoms. The molecular weight excluding hydrogens is 290 g/mol. The van der Waals surface area contributed by atoms with Crippen molar-refractivity contribution in [2.45, 2.75) is 18.9 Å². The summed E-state index contributed by atoms with van der Waals surface area (Å²) in [6.07, 6.45) is 6.15. The number of nitrogens with zero attached hydrogens (tertiary/aromatic N) is 3. The van der Waals surface area contributed by atoms with E-state index in [1.165, 1.54) is 0 Å². The molecule has 0 radical (unpaired) electrons. The maximum atomic E-state index is 12.6. The van der Waals surface area contributed by atoms with Crippen LogP contribution in [0.25, 0.3) is 5.69 Å². The molecule has 1 saturated heterocycles. The Bertz CT molecular complexity index is 717. The second-order valence-electron chi connectivity index (χ2n) is 6.18. The first-order chi connectivity index (χ1) is 11.2. The Labute approximate surface area is 135 Å². The highest BCUT2D eigenvalue weighted by Crippen LogP contribution is 2.28. The third kappa shape index (κ3) is 2.74. The highest BCUT2D eigenvalue weighted by Gasteiger charge is 2.36. The fourth-order valence-electron chi connectivity index (χ4n) is 3.10. The molecule has 2 aliphatic rings. The standard InChI is InChI=1S/C18H19N3O2/c22-17-13-20(11-12-21(17)16-7-8-16)18(23)14-3-5-15(6-4-14)19-9-1-2-10-19/h1-6,9-10,16H,7-8,11-13H2. The molecule has 2 aromatic rings. The summed E-state index contributed by atoms with van der Waals surface area (Å²) >= 11 is 0. The Morgan fingerprint density at radius 1 is 1.00 bits per heavy atom. The number of hydrogen-bond donors (Lipinski definition) is 0. The van der Waals surface area contributed by atoms with Crippen LogP contribution in [0, 0.1) is 0 Å². The zero-order valence-corrected chi connectivity index (χ0v) is 12.9. The zero-order chi connectivity index (χ0) is 15.8. The Hall–Kier alpha value is -2.56. The summed E-state index contributed by atoms with van der Waals surface area (Å²) in [5.74, 6) is 0.0175. The van der Waals surface area contributed by atoms with Gasteiger partial charge in [-0.05, 0) is 49.2 Å². The Balaban J connectivity index is 1.45. The number of amides is 2. The van der Waals surface area contributed by atoms with E-state index in [0.29, 0.717) is 24.7 Å². The van der Waals surface area contributed by atoms with E-state index in [1.54, 1.807) is 4.90 Å². The second-order valence-corrected chi connectivity index (χ2v) is 6.18. The molecule has 23 heavy (non-hydrogen) atoms. The van der Waals surface area contributed by atoms with Crippen LogP contribution in [0.15, 0.2) is 48.8 Å². The summed E-state index contributed by atoms with van der Waals surface area (Å²) in [6, 6.07) is 11.9. The maximum Gasteiger partial charge on any atom is 0.254 e. The molecule has 1 aromatic heterocycles. The predicted molar refractivity (Wildman–Crippen MR) is 86.4 cm³/mol. The normalized spacial score (nSPS) is 18.3. The summed E-state index contributed by atoms with van der Waals surface area (Å²) in [6.45, 7) is 1.49. The minimum Gasteiger partial charge on any atom is -0.336 e. The predicted octanol–water partition coefficient (Wildman–Crippen LogP) is 1.92. The number of carbonyl (C=O) groups excluding carboxylic acids is 2. The third-order valence-electron chi connectivity index (χ3n) is 4.55. The number of rotatable bonds is 3. The first kappa shape index (κ1) is 14.1. The minimum atomic E-state index is -0.0622. The SMILES string of the molecule is O=C(c1ccc(-n2cccc2)cc1)N1CCN(C2CC2)C(=O)C1. The molecule has 118 valence electrons. The molecule has 0 N–H and O–H groups in total. The van der Waals surface area contributed by atoms with Gasteiger partial charge in [0.05, 0.1) is 0 Å². The molecule has 1 aliphatic carbocycles. The van der Waals surface area contributed by atoms with Gasteiger partial charge < -0.3 is 14.4 Å². The van der Waals surface area contributed by atoms with Gasteiger partial charge in [0.15, 0.2) is 0 Å². The van der Waals surface area contributed by atoms with Gasteiger partial charge in [-0.3, -0.25) is 9.59 Å². The van der Waals surface area contributed by atoms with Crippen molar-refractivity contribution in [2.75, 3.05) is 19.6 Å². The number of benzene rings is 1. The Morgan fingerprint density at radius 2 is 1.70 bits per heavy atom. The van der Waals surface area contributed by atoms with Crippen molar-refractivity contribution in [3.05, 3.63) is 54.4 Å². The third-order valence-corrected chi connectivity index (χ3v) is 4.55. The van der Waals surface area contributed by atoms with Crippen LogP contribution in [0.5, 0.6) is 0 Å². The molecule has 0 spiro atoms.